The van der Waals surface area contributed by atoms with Crippen molar-refractivity contribution in [3.63, 3.8) is 0 Å². The van der Waals surface area contributed by atoms with E-state index in [9.17, 15) is 0 Å². The highest BCUT2D eigenvalue weighted by molar-refractivity contribution is 6.47. The summed E-state index contributed by atoms with van der Waals surface area (Å²) >= 11 is 0. The Kier molecular flexibility index (Phi) is 3.04. The zero-order chi connectivity index (χ0) is 12.1. The molecule has 0 bridgehead atoms. The van der Waals surface area contributed by atoms with E-state index in [0.717, 1.165) is 0 Å². The van der Waals surface area contributed by atoms with Crippen LogP contribution in [0.3, 0.4) is 0 Å². The Morgan fingerprint density at radius 2 is 1.27 bits per heavy atom. The predicted molar refractivity (Wildman–Crippen MR) is 65.0 cm³/mol. The Morgan fingerprint density at radius 3 is 1.53 bits per heavy atom. The van der Waals surface area contributed by atoms with Crippen LogP contribution in [0, 0.1) is 5.41 Å². The van der Waals surface area contributed by atoms with E-state index in [2.05, 4.69) is 55.4 Å². The Labute approximate surface area is 94.9 Å². The van der Waals surface area contributed by atoms with Crippen LogP contribution in [0.2, 0.25) is 5.82 Å². The van der Waals surface area contributed by atoms with Crippen LogP contribution in [-0.4, -0.2) is 18.3 Å². The summed E-state index contributed by atoms with van der Waals surface area (Å²) in [4.78, 5) is 0. The molecule has 88 valence electrons. The molecule has 1 aliphatic rings. The van der Waals surface area contributed by atoms with Crippen LogP contribution < -0.4 is 0 Å². The van der Waals surface area contributed by atoms with Crippen LogP contribution in [0.5, 0.6) is 0 Å². The zero-order valence-corrected chi connectivity index (χ0v) is 11.5. The lowest BCUT2D eigenvalue weighted by atomic mass is 9.60. The van der Waals surface area contributed by atoms with E-state index >= 15 is 0 Å². The van der Waals surface area contributed by atoms with Crippen molar-refractivity contribution in [2.75, 3.05) is 0 Å². The van der Waals surface area contributed by atoms with Crippen LogP contribution in [0.1, 0.15) is 55.4 Å². The largest absolute Gasteiger partial charge is 0.461 e. The average molecular weight is 212 g/mol. The van der Waals surface area contributed by atoms with Gasteiger partial charge in [0.25, 0.3) is 0 Å². The molecule has 0 aromatic rings. The molecule has 0 spiro atoms. The maximum Gasteiger partial charge on any atom is 0.461 e. The van der Waals surface area contributed by atoms with Gasteiger partial charge in [0.05, 0.1) is 11.2 Å². The van der Waals surface area contributed by atoms with Crippen LogP contribution in [0.15, 0.2) is 0 Å². The van der Waals surface area contributed by atoms with Gasteiger partial charge in [0.15, 0.2) is 0 Å². The summed E-state index contributed by atoms with van der Waals surface area (Å²) in [5, 5.41) is 0. The molecule has 1 rings (SSSR count). The molecule has 2 nitrogen and oxygen atoms in total. The fourth-order valence-corrected chi connectivity index (χ4v) is 1.50. The molecule has 1 aliphatic heterocycles. The Hall–Kier alpha value is -0.0151. The highest BCUT2D eigenvalue weighted by atomic mass is 16.7. The molecular formula is C12H25BO2. The second-order valence-electron chi connectivity index (χ2n) is 6.78. The third-order valence-corrected chi connectivity index (χ3v) is 4.05. The van der Waals surface area contributed by atoms with Crippen LogP contribution in [0.4, 0.5) is 0 Å². The quantitative estimate of drug-likeness (QED) is 0.619. The maximum atomic E-state index is 6.03. The van der Waals surface area contributed by atoms with E-state index in [1.165, 1.54) is 0 Å². The van der Waals surface area contributed by atoms with Crippen molar-refractivity contribution >= 4 is 7.12 Å². The third kappa shape index (κ3) is 2.39. The van der Waals surface area contributed by atoms with Crippen molar-refractivity contribution in [2.45, 2.75) is 72.4 Å². The van der Waals surface area contributed by atoms with Crippen molar-refractivity contribution in [1.82, 2.24) is 0 Å². The first kappa shape index (κ1) is 13.1. The number of hydrogen-bond donors (Lipinski definition) is 0. The van der Waals surface area contributed by atoms with E-state index in [1.54, 1.807) is 0 Å². The van der Waals surface area contributed by atoms with Gasteiger partial charge in [-0.2, -0.15) is 0 Å². The van der Waals surface area contributed by atoms with E-state index in [4.69, 9.17) is 9.31 Å². The highest BCUT2D eigenvalue weighted by Gasteiger charge is 2.54. The molecule has 1 unspecified atom stereocenters. The van der Waals surface area contributed by atoms with Crippen molar-refractivity contribution < 1.29 is 9.31 Å². The van der Waals surface area contributed by atoms with Gasteiger partial charge in [-0.15, -0.1) is 0 Å². The van der Waals surface area contributed by atoms with Crippen molar-refractivity contribution in [3.05, 3.63) is 0 Å². The summed E-state index contributed by atoms with van der Waals surface area (Å²) in [6.45, 7) is 17.3. The molecule has 0 N–H and O–H groups in total. The molecule has 3 heteroatoms. The van der Waals surface area contributed by atoms with E-state index in [1.807, 2.05) is 0 Å². The first-order valence-corrected chi connectivity index (χ1v) is 5.83. The number of rotatable bonds is 1. The molecule has 0 saturated carbocycles. The summed E-state index contributed by atoms with van der Waals surface area (Å²) in [6, 6.07) is 0. The van der Waals surface area contributed by atoms with Gasteiger partial charge in [-0.05, 0) is 38.9 Å². The van der Waals surface area contributed by atoms with Crippen LogP contribution in [-0.2, 0) is 9.31 Å². The minimum atomic E-state index is -0.211. The number of hydrogen-bond acceptors (Lipinski definition) is 2. The zero-order valence-electron chi connectivity index (χ0n) is 11.5. The van der Waals surface area contributed by atoms with Gasteiger partial charge < -0.3 is 9.31 Å². The van der Waals surface area contributed by atoms with E-state index in [0.29, 0.717) is 5.82 Å². The maximum absolute atomic E-state index is 6.03. The normalized spacial score (nSPS) is 26.8. The van der Waals surface area contributed by atoms with E-state index < -0.39 is 0 Å². The fraction of sp³-hybridized carbons (Fsp3) is 1.00. The predicted octanol–water partition coefficient (Wildman–Crippen LogP) is 3.51. The lowest BCUT2D eigenvalue weighted by Gasteiger charge is -2.32. The molecular weight excluding hydrogens is 187 g/mol. The van der Waals surface area contributed by atoms with E-state index in [-0.39, 0.29) is 23.7 Å². The first-order chi connectivity index (χ1) is 6.47. The summed E-state index contributed by atoms with van der Waals surface area (Å²) in [7, 11) is -0.0880. The molecule has 0 aromatic heterocycles. The first-order valence-electron chi connectivity index (χ1n) is 5.83. The van der Waals surface area contributed by atoms with Crippen molar-refractivity contribution in [3.8, 4) is 0 Å². The second kappa shape index (κ2) is 3.49. The topological polar surface area (TPSA) is 18.5 Å². The molecule has 1 fully saturated rings. The Balaban J connectivity index is 2.80. The van der Waals surface area contributed by atoms with Crippen LogP contribution in [0.25, 0.3) is 0 Å². The highest BCUT2D eigenvalue weighted by Crippen LogP contribution is 2.44. The molecule has 1 atom stereocenters. The minimum absolute atomic E-state index is 0.0880. The molecule has 15 heavy (non-hydrogen) atoms. The van der Waals surface area contributed by atoms with Crippen LogP contribution >= 0.6 is 0 Å². The molecule has 0 aliphatic carbocycles. The summed E-state index contributed by atoms with van der Waals surface area (Å²) in [5.41, 5.74) is -0.213. The smallest absolute Gasteiger partial charge is 0.403 e. The van der Waals surface area contributed by atoms with Gasteiger partial charge in [0.1, 0.15) is 0 Å². The van der Waals surface area contributed by atoms with Gasteiger partial charge in [-0.25, -0.2) is 0 Å². The van der Waals surface area contributed by atoms with Gasteiger partial charge in [-0.3, -0.25) is 0 Å². The Bertz CT molecular complexity index is 224. The van der Waals surface area contributed by atoms with Crippen molar-refractivity contribution in [2.24, 2.45) is 5.41 Å². The SMILES string of the molecule is CC(B1OC(C)(C)C(C)(C)O1)C(C)(C)C. The Morgan fingerprint density at radius 1 is 0.933 bits per heavy atom. The monoisotopic (exact) mass is 212 g/mol. The molecule has 1 saturated heterocycles. The van der Waals surface area contributed by atoms with Gasteiger partial charge in [0.2, 0.25) is 0 Å². The summed E-state index contributed by atoms with van der Waals surface area (Å²) in [5.74, 6) is 0.388. The molecule has 0 aromatic carbocycles. The van der Waals surface area contributed by atoms with Gasteiger partial charge >= 0.3 is 7.12 Å². The second-order valence-corrected chi connectivity index (χ2v) is 6.78. The lowest BCUT2D eigenvalue weighted by molar-refractivity contribution is 0.00578. The molecule has 0 radical (unpaired) electrons. The van der Waals surface area contributed by atoms with Crippen molar-refractivity contribution in [1.29, 1.82) is 0 Å². The fourth-order valence-electron chi connectivity index (χ4n) is 1.50. The lowest BCUT2D eigenvalue weighted by Crippen LogP contribution is -2.41. The standard InChI is InChI=1S/C12H25BO2/c1-9(10(2,3)4)13-14-11(5,6)12(7,8)15-13/h9H,1-8H3. The molecule has 0 amide bonds. The minimum Gasteiger partial charge on any atom is -0.403 e. The van der Waals surface area contributed by atoms with Gasteiger partial charge in [-0.1, -0.05) is 27.7 Å². The third-order valence-electron chi connectivity index (χ3n) is 4.05. The summed E-state index contributed by atoms with van der Waals surface area (Å²) in [6.07, 6.45) is 0. The summed E-state index contributed by atoms with van der Waals surface area (Å²) < 4.78 is 12.1. The average Bonchev–Trinajstić information content (AvgIpc) is 2.18. The molecule has 1 heterocycles. The van der Waals surface area contributed by atoms with Gasteiger partial charge in [0, 0.05) is 0 Å².